The predicted molar refractivity (Wildman–Crippen MR) is 73.2 cm³/mol. The average molecular weight is 269 g/mol. The highest BCUT2D eigenvalue weighted by Crippen LogP contribution is 2.42. The van der Waals surface area contributed by atoms with Crippen LogP contribution < -0.4 is 0 Å². The molecule has 1 aliphatic carbocycles. The maximum absolute atomic E-state index is 11.6. The van der Waals surface area contributed by atoms with E-state index in [1.54, 1.807) is 12.4 Å². The predicted octanol–water partition coefficient (Wildman–Crippen LogP) is 2.35. The first kappa shape index (κ1) is 12.7. The quantitative estimate of drug-likeness (QED) is 0.925. The number of hydrogen-bond donors (Lipinski definition) is 1. The van der Waals surface area contributed by atoms with Gasteiger partial charge in [0, 0.05) is 23.7 Å². The van der Waals surface area contributed by atoms with E-state index in [9.17, 15) is 9.90 Å². The van der Waals surface area contributed by atoms with Gasteiger partial charge in [0.15, 0.2) is 0 Å². The third-order valence-corrected chi connectivity index (χ3v) is 3.87. The number of carboxylic acid groups (broad SMARTS) is 1. The topological polar surface area (TPSA) is 76.0 Å². The molecule has 0 saturated heterocycles. The Labute approximate surface area is 116 Å². The van der Waals surface area contributed by atoms with Gasteiger partial charge in [0.1, 0.15) is 11.2 Å². The second-order valence-electron chi connectivity index (χ2n) is 5.19. The summed E-state index contributed by atoms with van der Waals surface area (Å²) in [5.41, 5.74) is 1.57. The first-order valence-corrected chi connectivity index (χ1v) is 6.62. The summed E-state index contributed by atoms with van der Waals surface area (Å²) >= 11 is 0. The molecule has 0 radical (unpaired) electrons. The van der Waals surface area contributed by atoms with Gasteiger partial charge in [-0.3, -0.25) is 9.78 Å². The van der Waals surface area contributed by atoms with E-state index >= 15 is 0 Å². The van der Waals surface area contributed by atoms with Gasteiger partial charge in [-0.15, -0.1) is 0 Å². The van der Waals surface area contributed by atoms with Crippen LogP contribution in [0.2, 0.25) is 0 Å². The molecule has 1 saturated carbocycles. The highest BCUT2D eigenvalue weighted by Gasteiger charge is 2.48. The number of aliphatic carboxylic acids is 1. The second kappa shape index (κ2) is 4.67. The van der Waals surface area contributed by atoms with Crippen molar-refractivity contribution in [3.05, 3.63) is 42.1 Å². The third-order valence-electron chi connectivity index (χ3n) is 3.87. The molecule has 20 heavy (non-hydrogen) atoms. The molecule has 0 aliphatic heterocycles. The van der Waals surface area contributed by atoms with Gasteiger partial charge < -0.3 is 5.11 Å². The molecular formula is C15H15N3O2. The van der Waals surface area contributed by atoms with E-state index in [1.165, 1.54) is 0 Å². The molecule has 0 unspecified atom stereocenters. The van der Waals surface area contributed by atoms with Crippen LogP contribution in [0.4, 0.5) is 0 Å². The van der Waals surface area contributed by atoms with Crippen molar-refractivity contribution in [3.63, 3.8) is 0 Å². The highest BCUT2D eigenvalue weighted by molar-refractivity contribution is 5.81. The SMILES string of the molecule is Cc1cc(-c2ccncc2)nc(C2(C(=O)O)CCC2)n1. The van der Waals surface area contributed by atoms with Crippen molar-refractivity contribution in [2.24, 2.45) is 0 Å². The summed E-state index contributed by atoms with van der Waals surface area (Å²) in [6, 6.07) is 5.59. The molecule has 5 heteroatoms. The van der Waals surface area contributed by atoms with E-state index in [0.717, 1.165) is 23.4 Å². The third kappa shape index (κ3) is 1.95. The van der Waals surface area contributed by atoms with Gasteiger partial charge in [-0.25, -0.2) is 9.97 Å². The largest absolute Gasteiger partial charge is 0.480 e. The van der Waals surface area contributed by atoms with Crippen molar-refractivity contribution in [2.75, 3.05) is 0 Å². The van der Waals surface area contributed by atoms with Crippen molar-refractivity contribution in [1.29, 1.82) is 0 Å². The Kier molecular flexibility index (Phi) is 2.97. The number of rotatable bonds is 3. The minimum Gasteiger partial charge on any atom is -0.480 e. The Morgan fingerprint density at radius 2 is 1.95 bits per heavy atom. The molecule has 2 aromatic rings. The molecule has 1 aliphatic rings. The van der Waals surface area contributed by atoms with Crippen molar-refractivity contribution in [1.82, 2.24) is 15.0 Å². The molecule has 0 atom stereocenters. The van der Waals surface area contributed by atoms with Gasteiger partial charge in [0.25, 0.3) is 0 Å². The lowest BCUT2D eigenvalue weighted by molar-refractivity contribution is -0.147. The number of aryl methyl sites for hydroxylation is 1. The summed E-state index contributed by atoms with van der Waals surface area (Å²) in [4.78, 5) is 24.4. The van der Waals surface area contributed by atoms with Gasteiger partial charge in [-0.1, -0.05) is 6.42 Å². The molecule has 1 fully saturated rings. The van der Waals surface area contributed by atoms with Crippen LogP contribution in [0.15, 0.2) is 30.6 Å². The molecule has 1 N–H and O–H groups in total. The van der Waals surface area contributed by atoms with Crippen molar-refractivity contribution < 1.29 is 9.90 Å². The van der Waals surface area contributed by atoms with Crippen LogP contribution in [0.25, 0.3) is 11.3 Å². The molecule has 0 bridgehead atoms. The average Bonchev–Trinajstić information content (AvgIpc) is 2.37. The number of hydrogen-bond acceptors (Lipinski definition) is 4. The summed E-state index contributed by atoms with van der Waals surface area (Å²) in [6.45, 7) is 1.87. The second-order valence-corrected chi connectivity index (χ2v) is 5.19. The lowest BCUT2D eigenvalue weighted by Gasteiger charge is -2.36. The van der Waals surface area contributed by atoms with E-state index in [2.05, 4.69) is 15.0 Å². The van der Waals surface area contributed by atoms with E-state index in [4.69, 9.17) is 0 Å². The van der Waals surface area contributed by atoms with Crippen LogP contribution in [0.1, 0.15) is 30.8 Å². The molecule has 2 aromatic heterocycles. The lowest BCUT2D eigenvalue weighted by atomic mass is 9.68. The minimum absolute atomic E-state index is 0.433. The molecule has 3 rings (SSSR count). The lowest BCUT2D eigenvalue weighted by Crippen LogP contribution is -2.44. The van der Waals surface area contributed by atoms with Gasteiger partial charge in [-0.05, 0) is 38.0 Å². The number of carboxylic acids is 1. The molecule has 0 spiro atoms. The first-order valence-electron chi connectivity index (χ1n) is 6.62. The van der Waals surface area contributed by atoms with E-state index in [1.807, 2.05) is 25.1 Å². The first-order chi connectivity index (χ1) is 9.62. The molecule has 0 aromatic carbocycles. The van der Waals surface area contributed by atoms with Gasteiger partial charge in [-0.2, -0.15) is 0 Å². The number of carbonyl (C=O) groups is 1. The Hall–Kier alpha value is -2.30. The maximum atomic E-state index is 11.6. The van der Waals surface area contributed by atoms with Crippen LogP contribution in [-0.2, 0) is 10.2 Å². The Bertz CT molecular complexity index is 651. The van der Waals surface area contributed by atoms with Crippen molar-refractivity contribution in [3.8, 4) is 11.3 Å². The van der Waals surface area contributed by atoms with Crippen LogP contribution in [0.5, 0.6) is 0 Å². The summed E-state index contributed by atoms with van der Waals surface area (Å²) in [7, 11) is 0. The molecule has 5 nitrogen and oxygen atoms in total. The number of pyridine rings is 1. The fourth-order valence-electron chi connectivity index (χ4n) is 2.52. The van der Waals surface area contributed by atoms with Gasteiger partial charge >= 0.3 is 5.97 Å². The highest BCUT2D eigenvalue weighted by atomic mass is 16.4. The zero-order chi connectivity index (χ0) is 14.2. The maximum Gasteiger partial charge on any atom is 0.317 e. The van der Waals surface area contributed by atoms with Crippen molar-refractivity contribution >= 4 is 5.97 Å². The van der Waals surface area contributed by atoms with Crippen molar-refractivity contribution in [2.45, 2.75) is 31.6 Å². The summed E-state index contributed by atoms with van der Waals surface area (Å²) in [5.74, 6) is -0.391. The standard InChI is InChI=1S/C15H15N3O2/c1-10-9-12(11-3-7-16-8-4-11)18-13(17-10)15(14(19)20)5-2-6-15/h3-4,7-9H,2,5-6H2,1H3,(H,19,20). The fourth-order valence-corrected chi connectivity index (χ4v) is 2.52. The Balaban J connectivity index is 2.10. The van der Waals surface area contributed by atoms with E-state index in [-0.39, 0.29) is 0 Å². The summed E-state index contributed by atoms with van der Waals surface area (Å²) < 4.78 is 0. The van der Waals surface area contributed by atoms with Gasteiger partial charge in [0.05, 0.1) is 5.69 Å². The van der Waals surface area contributed by atoms with Crippen LogP contribution in [0, 0.1) is 6.92 Å². The molecule has 2 heterocycles. The van der Waals surface area contributed by atoms with E-state index < -0.39 is 11.4 Å². The molecule has 0 amide bonds. The fraction of sp³-hybridized carbons (Fsp3) is 0.333. The van der Waals surface area contributed by atoms with E-state index in [0.29, 0.717) is 18.7 Å². The minimum atomic E-state index is -0.895. The van der Waals surface area contributed by atoms with Crippen LogP contribution >= 0.6 is 0 Å². The Morgan fingerprint density at radius 1 is 1.25 bits per heavy atom. The smallest absolute Gasteiger partial charge is 0.317 e. The zero-order valence-electron chi connectivity index (χ0n) is 11.2. The van der Waals surface area contributed by atoms with Crippen LogP contribution in [0.3, 0.4) is 0 Å². The zero-order valence-corrected chi connectivity index (χ0v) is 11.2. The summed E-state index contributed by atoms with van der Waals surface area (Å²) in [6.07, 6.45) is 5.53. The number of nitrogens with zero attached hydrogens (tertiary/aromatic N) is 3. The molecule has 102 valence electrons. The molecular weight excluding hydrogens is 254 g/mol. The normalized spacial score (nSPS) is 16.4. The Morgan fingerprint density at radius 3 is 2.50 bits per heavy atom. The summed E-state index contributed by atoms with van der Waals surface area (Å²) in [5, 5.41) is 9.50. The van der Waals surface area contributed by atoms with Gasteiger partial charge in [0.2, 0.25) is 0 Å². The van der Waals surface area contributed by atoms with Crippen LogP contribution in [-0.4, -0.2) is 26.0 Å². The monoisotopic (exact) mass is 269 g/mol. The number of aromatic nitrogens is 3.